The first-order chi connectivity index (χ1) is 18.2. The number of halogens is 1. The van der Waals surface area contributed by atoms with Crippen molar-refractivity contribution in [2.75, 3.05) is 27.2 Å². The predicted molar refractivity (Wildman–Crippen MR) is 140 cm³/mol. The number of piperazine rings is 1. The lowest BCUT2D eigenvalue weighted by Crippen LogP contribution is -2.76. The average Bonchev–Trinajstić information content (AvgIpc) is 2.91. The second-order valence-corrected chi connectivity index (χ2v) is 10.00. The molecule has 4 atom stereocenters. The molecule has 0 spiro atoms. The van der Waals surface area contributed by atoms with Crippen LogP contribution >= 0.6 is 0 Å². The molecule has 2 saturated heterocycles. The molecule has 0 radical (unpaired) electrons. The van der Waals surface area contributed by atoms with E-state index >= 15 is 0 Å². The van der Waals surface area contributed by atoms with Crippen LogP contribution in [0.5, 0.6) is 5.75 Å². The Morgan fingerprint density at radius 1 is 1.11 bits per heavy atom. The van der Waals surface area contributed by atoms with Crippen LogP contribution < -0.4 is 10.1 Å². The zero-order valence-electron chi connectivity index (χ0n) is 22.6. The molecule has 2 aromatic rings. The van der Waals surface area contributed by atoms with E-state index in [9.17, 15) is 18.8 Å². The minimum absolute atomic E-state index is 0.0137. The molecule has 2 unspecified atom stereocenters. The first-order valence-corrected chi connectivity index (χ1v) is 12.9. The van der Waals surface area contributed by atoms with Crippen LogP contribution in [0.1, 0.15) is 44.4 Å². The van der Waals surface area contributed by atoms with Crippen molar-refractivity contribution in [1.29, 1.82) is 0 Å². The molecule has 2 fully saturated rings. The number of hydrazine groups is 1. The normalized spacial score (nSPS) is 21.7. The number of amides is 4. The monoisotopic (exact) mass is 525 g/mol. The third-order valence-corrected chi connectivity index (χ3v) is 7.63. The largest absolute Gasteiger partial charge is 0.497 e. The van der Waals surface area contributed by atoms with Crippen molar-refractivity contribution < 1.29 is 23.5 Å². The molecule has 4 rings (SSSR count). The van der Waals surface area contributed by atoms with Crippen LogP contribution in [-0.4, -0.2) is 77.1 Å². The van der Waals surface area contributed by atoms with E-state index in [1.165, 1.54) is 17.1 Å². The summed E-state index contributed by atoms with van der Waals surface area (Å²) in [6.45, 7) is 6.23. The van der Waals surface area contributed by atoms with Gasteiger partial charge >= 0.3 is 6.03 Å². The number of hydrogen-bond acceptors (Lipinski definition) is 5. The van der Waals surface area contributed by atoms with E-state index in [0.717, 1.165) is 16.9 Å². The van der Waals surface area contributed by atoms with E-state index in [-0.39, 0.29) is 55.3 Å². The zero-order chi connectivity index (χ0) is 27.6. The lowest BCUT2D eigenvalue weighted by Gasteiger charge is -2.56. The molecule has 38 heavy (non-hydrogen) atoms. The standard InChI is InChI=1S/C28H36FN5O4/c1-6-18(2)26-27(36)32(19(3)21-9-11-22(29)12-10-21)16-24-33(26)25(35)17-31(4)34(24)28(37)30-15-20-7-13-23(38-5)14-8-20/h7-14,18-19,24,26H,6,15-17H2,1-5H3,(H,30,37)/t18?,19?,24-,26-/m0/s1. The highest BCUT2D eigenvalue weighted by Crippen LogP contribution is 2.34. The molecule has 2 aromatic carbocycles. The summed E-state index contributed by atoms with van der Waals surface area (Å²) in [5, 5.41) is 6.10. The average molecular weight is 526 g/mol. The van der Waals surface area contributed by atoms with E-state index < -0.39 is 12.2 Å². The Morgan fingerprint density at radius 3 is 2.37 bits per heavy atom. The van der Waals surface area contributed by atoms with Crippen molar-refractivity contribution in [2.24, 2.45) is 5.92 Å². The van der Waals surface area contributed by atoms with Gasteiger partial charge in [-0.25, -0.2) is 19.2 Å². The maximum atomic E-state index is 13.8. The Hall–Kier alpha value is -3.66. The number of nitrogens with zero attached hydrogens (tertiary/aromatic N) is 4. The van der Waals surface area contributed by atoms with Gasteiger partial charge in [-0.1, -0.05) is 44.5 Å². The minimum atomic E-state index is -0.709. The van der Waals surface area contributed by atoms with E-state index in [4.69, 9.17) is 4.74 Å². The quantitative estimate of drug-likeness (QED) is 0.599. The summed E-state index contributed by atoms with van der Waals surface area (Å²) in [5.74, 6) is -0.102. The number of nitrogens with one attached hydrogen (secondary N) is 1. The molecular weight excluding hydrogens is 489 g/mol. The lowest BCUT2D eigenvalue weighted by molar-refractivity contribution is -0.192. The van der Waals surface area contributed by atoms with Crippen LogP contribution in [0.4, 0.5) is 9.18 Å². The van der Waals surface area contributed by atoms with Crippen LogP contribution in [0.2, 0.25) is 0 Å². The molecule has 2 heterocycles. The van der Waals surface area contributed by atoms with Gasteiger partial charge in [-0.05, 0) is 48.2 Å². The molecule has 4 amide bonds. The van der Waals surface area contributed by atoms with Crippen molar-refractivity contribution in [3.05, 3.63) is 65.5 Å². The zero-order valence-corrected chi connectivity index (χ0v) is 22.6. The summed E-state index contributed by atoms with van der Waals surface area (Å²) in [4.78, 5) is 44.0. The van der Waals surface area contributed by atoms with Gasteiger partial charge in [0.1, 0.15) is 23.8 Å². The van der Waals surface area contributed by atoms with E-state index in [1.807, 2.05) is 45.0 Å². The van der Waals surface area contributed by atoms with Crippen LogP contribution in [0, 0.1) is 11.7 Å². The fourth-order valence-corrected chi connectivity index (χ4v) is 5.23. The van der Waals surface area contributed by atoms with Crippen LogP contribution in [0.25, 0.3) is 0 Å². The van der Waals surface area contributed by atoms with E-state index in [0.29, 0.717) is 6.42 Å². The number of methoxy groups -OCH3 is 1. The maximum absolute atomic E-state index is 13.8. The van der Waals surface area contributed by atoms with Gasteiger partial charge in [0.15, 0.2) is 0 Å². The molecule has 0 bridgehead atoms. The third kappa shape index (κ3) is 5.31. The number of rotatable bonds is 7. The Labute approximate surface area is 223 Å². The number of hydrogen-bond donors (Lipinski definition) is 1. The number of likely N-dealkylation sites (N-methyl/N-ethyl adjacent to an activating group) is 1. The van der Waals surface area contributed by atoms with Gasteiger partial charge in [0.05, 0.1) is 26.2 Å². The summed E-state index contributed by atoms with van der Waals surface area (Å²) >= 11 is 0. The van der Waals surface area contributed by atoms with Crippen LogP contribution in [0.15, 0.2) is 48.5 Å². The lowest BCUT2D eigenvalue weighted by atomic mass is 9.91. The van der Waals surface area contributed by atoms with Gasteiger partial charge in [-0.15, -0.1) is 0 Å². The molecule has 0 aliphatic carbocycles. The summed E-state index contributed by atoms with van der Waals surface area (Å²) in [7, 11) is 3.29. The molecule has 0 saturated carbocycles. The molecule has 2 aliphatic rings. The second kappa shape index (κ2) is 11.4. The SMILES string of the molecule is CCC(C)[C@H]1C(=O)N(C(C)c2ccc(F)cc2)C[C@H]2N1C(=O)CN(C)N2C(=O)NCc1ccc(OC)cc1. The second-order valence-electron chi connectivity index (χ2n) is 10.00. The van der Waals surface area contributed by atoms with Crippen LogP contribution in [-0.2, 0) is 16.1 Å². The van der Waals surface area contributed by atoms with Crippen LogP contribution in [0.3, 0.4) is 0 Å². The van der Waals surface area contributed by atoms with E-state index in [1.54, 1.807) is 41.1 Å². The van der Waals surface area contributed by atoms with Gasteiger partial charge in [-0.3, -0.25) is 9.59 Å². The van der Waals surface area contributed by atoms with Crippen molar-refractivity contribution in [3.8, 4) is 5.75 Å². The molecular formula is C28H36FN5O4. The van der Waals surface area contributed by atoms with Gasteiger partial charge in [0.25, 0.3) is 0 Å². The molecule has 0 aromatic heterocycles. The molecule has 204 valence electrons. The minimum Gasteiger partial charge on any atom is -0.497 e. The molecule has 9 nitrogen and oxygen atoms in total. The molecule has 10 heteroatoms. The van der Waals surface area contributed by atoms with Gasteiger partial charge in [-0.2, -0.15) is 0 Å². The molecule has 1 N–H and O–H groups in total. The highest BCUT2D eigenvalue weighted by Gasteiger charge is 2.52. The fourth-order valence-electron chi connectivity index (χ4n) is 5.23. The number of fused-ring (bicyclic) bond motifs is 1. The summed E-state index contributed by atoms with van der Waals surface area (Å²) in [6, 6.07) is 12.0. The summed E-state index contributed by atoms with van der Waals surface area (Å²) in [6.07, 6.45) is 0.00210. The van der Waals surface area contributed by atoms with Gasteiger partial charge in [0, 0.05) is 13.6 Å². The Morgan fingerprint density at radius 2 is 1.76 bits per heavy atom. The smallest absolute Gasteiger partial charge is 0.334 e. The highest BCUT2D eigenvalue weighted by molar-refractivity contribution is 5.92. The summed E-state index contributed by atoms with van der Waals surface area (Å²) in [5.41, 5.74) is 1.68. The Bertz CT molecular complexity index is 1160. The molecule has 2 aliphatic heterocycles. The number of benzene rings is 2. The predicted octanol–water partition coefficient (Wildman–Crippen LogP) is 3.38. The Kier molecular flexibility index (Phi) is 8.20. The first-order valence-electron chi connectivity index (χ1n) is 12.9. The number of urea groups is 1. The number of carbonyl (C=O) groups excluding carboxylic acids is 3. The third-order valence-electron chi connectivity index (χ3n) is 7.63. The van der Waals surface area contributed by atoms with E-state index in [2.05, 4.69) is 5.32 Å². The maximum Gasteiger partial charge on any atom is 0.334 e. The number of ether oxygens (including phenoxy) is 1. The summed E-state index contributed by atoms with van der Waals surface area (Å²) < 4.78 is 18.8. The van der Waals surface area contributed by atoms with Crippen molar-refractivity contribution in [1.82, 2.24) is 25.1 Å². The Balaban J connectivity index is 1.63. The van der Waals surface area contributed by atoms with Crippen molar-refractivity contribution in [3.63, 3.8) is 0 Å². The topological polar surface area (TPSA) is 85.4 Å². The van der Waals surface area contributed by atoms with Gasteiger partial charge < -0.3 is 19.9 Å². The van der Waals surface area contributed by atoms with Crippen molar-refractivity contribution in [2.45, 2.75) is 52.0 Å². The first kappa shape index (κ1) is 27.4. The van der Waals surface area contributed by atoms with Crippen molar-refractivity contribution >= 4 is 17.8 Å². The van der Waals surface area contributed by atoms with Gasteiger partial charge in [0.2, 0.25) is 11.8 Å². The number of carbonyl (C=O) groups is 3. The fraction of sp³-hybridized carbons (Fsp3) is 0.464. The highest BCUT2D eigenvalue weighted by atomic mass is 19.1.